The first-order valence-electron chi connectivity index (χ1n) is 10.4. The van der Waals surface area contributed by atoms with Gasteiger partial charge >= 0.3 is 12.1 Å². The number of hydrogen-bond acceptors (Lipinski definition) is 1. The maximum Gasteiger partial charge on any atom is 0.416 e. The van der Waals surface area contributed by atoms with Gasteiger partial charge in [-0.25, -0.2) is 0 Å². The molecule has 0 spiro atoms. The molecule has 170 valence electrons. The molecule has 0 aliphatic rings. The molecule has 6 heteroatoms. The summed E-state index contributed by atoms with van der Waals surface area (Å²) in [6, 6.07) is 17.0. The maximum atomic E-state index is 13.0. The summed E-state index contributed by atoms with van der Waals surface area (Å²) in [6.45, 7) is 3.88. The Morgan fingerprint density at radius 1 is 0.909 bits per heavy atom. The SMILES string of the molecule is CC(C)CC(C(=O)O)c1cc(C#Cc2ccc(Cl)cc2)cc(-c2ccc(C(F)(F)F)cc2)c1. The lowest BCUT2D eigenvalue weighted by molar-refractivity contribution is -0.139. The summed E-state index contributed by atoms with van der Waals surface area (Å²) in [4.78, 5) is 12.0. The highest BCUT2D eigenvalue weighted by atomic mass is 35.5. The van der Waals surface area contributed by atoms with Gasteiger partial charge < -0.3 is 5.11 Å². The minimum Gasteiger partial charge on any atom is -0.481 e. The molecule has 0 fully saturated rings. The predicted molar refractivity (Wildman–Crippen MR) is 124 cm³/mol. The minimum atomic E-state index is -4.43. The van der Waals surface area contributed by atoms with Crippen LogP contribution in [0, 0.1) is 17.8 Å². The van der Waals surface area contributed by atoms with Crippen LogP contribution in [0.1, 0.15) is 48.4 Å². The topological polar surface area (TPSA) is 37.3 Å². The fourth-order valence-corrected chi connectivity index (χ4v) is 3.60. The van der Waals surface area contributed by atoms with Crippen molar-refractivity contribution < 1.29 is 23.1 Å². The van der Waals surface area contributed by atoms with Gasteiger partial charge in [-0.05, 0) is 77.6 Å². The van der Waals surface area contributed by atoms with E-state index in [-0.39, 0.29) is 5.92 Å². The van der Waals surface area contributed by atoms with Crippen LogP contribution in [0.2, 0.25) is 5.02 Å². The van der Waals surface area contributed by atoms with Crippen molar-refractivity contribution in [2.75, 3.05) is 0 Å². The third-order valence-electron chi connectivity index (χ3n) is 5.10. The molecule has 3 rings (SSSR count). The van der Waals surface area contributed by atoms with E-state index in [1.54, 1.807) is 42.5 Å². The summed E-state index contributed by atoms with van der Waals surface area (Å²) in [5, 5.41) is 10.4. The fourth-order valence-electron chi connectivity index (χ4n) is 3.47. The molecule has 0 aliphatic carbocycles. The van der Waals surface area contributed by atoms with Crippen LogP contribution in [0.25, 0.3) is 11.1 Å². The van der Waals surface area contributed by atoms with E-state index in [2.05, 4.69) is 11.8 Å². The third kappa shape index (κ3) is 6.63. The van der Waals surface area contributed by atoms with Crippen LogP contribution < -0.4 is 0 Å². The minimum absolute atomic E-state index is 0.143. The van der Waals surface area contributed by atoms with Crippen LogP contribution in [0.5, 0.6) is 0 Å². The molecular formula is C27H22ClF3O2. The van der Waals surface area contributed by atoms with Gasteiger partial charge in [0.05, 0.1) is 11.5 Å². The Balaban J connectivity index is 2.09. The molecule has 0 saturated carbocycles. The second-order valence-corrected chi connectivity index (χ2v) is 8.63. The van der Waals surface area contributed by atoms with E-state index in [1.807, 2.05) is 13.8 Å². The van der Waals surface area contributed by atoms with Gasteiger partial charge in [-0.3, -0.25) is 4.79 Å². The van der Waals surface area contributed by atoms with Crippen molar-refractivity contribution in [1.29, 1.82) is 0 Å². The van der Waals surface area contributed by atoms with Crippen molar-refractivity contribution in [3.8, 4) is 23.0 Å². The van der Waals surface area contributed by atoms with Crippen molar-refractivity contribution in [3.63, 3.8) is 0 Å². The monoisotopic (exact) mass is 470 g/mol. The molecule has 1 N–H and O–H groups in total. The van der Waals surface area contributed by atoms with Crippen molar-refractivity contribution in [3.05, 3.63) is 94.0 Å². The van der Waals surface area contributed by atoms with E-state index >= 15 is 0 Å². The second kappa shape index (κ2) is 10.1. The first-order valence-corrected chi connectivity index (χ1v) is 10.7. The molecule has 0 bridgehead atoms. The highest BCUT2D eigenvalue weighted by molar-refractivity contribution is 6.30. The van der Waals surface area contributed by atoms with Crippen LogP contribution in [0.15, 0.2) is 66.7 Å². The normalized spacial score (nSPS) is 12.2. The first kappa shape index (κ1) is 24.4. The van der Waals surface area contributed by atoms with Gasteiger partial charge in [0.1, 0.15) is 0 Å². The zero-order valence-electron chi connectivity index (χ0n) is 18.1. The van der Waals surface area contributed by atoms with Crippen molar-refractivity contribution in [2.24, 2.45) is 5.92 Å². The number of rotatable bonds is 5. The number of halogens is 4. The highest BCUT2D eigenvalue weighted by Gasteiger charge is 2.30. The fraction of sp³-hybridized carbons (Fsp3) is 0.222. The lowest BCUT2D eigenvalue weighted by Gasteiger charge is -2.17. The summed E-state index contributed by atoms with van der Waals surface area (Å²) >= 11 is 5.91. The Morgan fingerprint density at radius 2 is 1.52 bits per heavy atom. The smallest absolute Gasteiger partial charge is 0.416 e. The number of carbonyl (C=O) groups is 1. The largest absolute Gasteiger partial charge is 0.481 e. The maximum absolute atomic E-state index is 13.0. The number of alkyl halides is 3. The number of aliphatic carboxylic acids is 1. The van der Waals surface area contributed by atoms with Crippen LogP contribution in [-0.2, 0) is 11.0 Å². The average Bonchev–Trinajstić information content (AvgIpc) is 2.76. The molecule has 0 aliphatic heterocycles. The van der Waals surface area contributed by atoms with E-state index in [0.29, 0.717) is 33.7 Å². The molecule has 0 amide bonds. The summed E-state index contributed by atoms with van der Waals surface area (Å²) in [5.74, 6) is 4.51. The molecule has 0 radical (unpaired) electrons. The van der Waals surface area contributed by atoms with E-state index in [1.165, 1.54) is 12.1 Å². The second-order valence-electron chi connectivity index (χ2n) is 8.20. The zero-order chi connectivity index (χ0) is 24.2. The van der Waals surface area contributed by atoms with Crippen molar-refractivity contribution >= 4 is 17.6 Å². The van der Waals surface area contributed by atoms with Gasteiger partial charge in [0.2, 0.25) is 0 Å². The molecule has 33 heavy (non-hydrogen) atoms. The molecular weight excluding hydrogens is 449 g/mol. The first-order chi connectivity index (χ1) is 15.5. The Labute approximate surface area is 196 Å². The van der Waals surface area contributed by atoms with Crippen LogP contribution >= 0.6 is 11.6 Å². The Hall–Kier alpha value is -3.23. The molecule has 3 aromatic rings. The lowest BCUT2D eigenvalue weighted by Crippen LogP contribution is -2.14. The van der Waals surface area contributed by atoms with Crippen LogP contribution in [0.3, 0.4) is 0 Å². The van der Waals surface area contributed by atoms with Crippen LogP contribution in [0.4, 0.5) is 13.2 Å². The zero-order valence-corrected chi connectivity index (χ0v) is 18.8. The van der Waals surface area contributed by atoms with Gasteiger partial charge in [-0.15, -0.1) is 0 Å². The average molecular weight is 471 g/mol. The van der Waals surface area contributed by atoms with Crippen LogP contribution in [-0.4, -0.2) is 11.1 Å². The standard InChI is InChI=1S/C27H22ClF3O2/c1-17(2)13-25(26(32)33)22-15-19(4-3-18-5-11-24(28)12-6-18)14-21(16-22)20-7-9-23(10-8-20)27(29,30)31/h5-12,14-17,25H,13H2,1-2H3,(H,32,33). The highest BCUT2D eigenvalue weighted by Crippen LogP contribution is 2.33. The van der Waals surface area contributed by atoms with Gasteiger partial charge in [-0.1, -0.05) is 55.5 Å². The Bertz CT molecular complexity index is 1190. The summed E-state index contributed by atoms with van der Waals surface area (Å²) < 4.78 is 38.9. The predicted octanol–water partition coefficient (Wildman–Crippen LogP) is 7.64. The van der Waals surface area contributed by atoms with E-state index < -0.39 is 23.6 Å². The Kier molecular flexibility index (Phi) is 7.50. The lowest BCUT2D eigenvalue weighted by atomic mass is 9.87. The molecule has 3 aromatic carbocycles. The number of carboxylic acids is 1. The van der Waals surface area contributed by atoms with Crippen molar-refractivity contribution in [2.45, 2.75) is 32.4 Å². The van der Waals surface area contributed by atoms with Gasteiger partial charge in [0.15, 0.2) is 0 Å². The Morgan fingerprint density at radius 3 is 2.06 bits per heavy atom. The molecule has 0 aromatic heterocycles. The number of carboxylic acid groups (broad SMARTS) is 1. The van der Waals surface area contributed by atoms with Crippen molar-refractivity contribution in [1.82, 2.24) is 0 Å². The number of hydrogen-bond donors (Lipinski definition) is 1. The van der Waals surface area contributed by atoms with Gasteiger partial charge in [0.25, 0.3) is 0 Å². The molecule has 1 atom stereocenters. The molecule has 2 nitrogen and oxygen atoms in total. The van der Waals surface area contributed by atoms with E-state index in [9.17, 15) is 23.1 Å². The quantitative estimate of drug-likeness (QED) is 0.389. The van der Waals surface area contributed by atoms with Gasteiger partial charge in [-0.2, -0.15) is 13.2 Å². The third-order valence-corrected chi connectivity index (χ3v) is 5.36. The summed E-state index contributed by atoms with van der Waals surface area (Å²) in [7, 11) is 0. The van der Waals surface area contributed by atoms with E-state index in [4.69, 9.17) is 11.6 Å². The number of benzene rings is 3. The summed E-state index contributed by atoms with van der Waals surface area (Å²) in [6.07, 6.45) is -4.00. The molecule has 0 saturated heterocycles. The van der Waals surface area contributed by atoms with E-state index in [0.717, 1.165) is 17.7 Å². The van der Waals surface area contributed by atoms with Gasteiger partial charge in [0, 0.05) is 16.1 Å². The molecule has 1 unspecified atom stereocenters. The molecule has 0 heterocycles. The summed E-state index contributed by atoms with van der Waals surface area (Å²) in [5.41, 5.74) is 2.29.